The van der Waals surface area contributed by atoms with Gasteiger partial charge in [-0.3, -0.25) is 13.9 Å². The molecule has 0 saturated heterocycles. The minimum absolute atomic E-state index is 0.0344. The number of rotatable bonds is 10. The van der Waals surface area contributed by atoms with E-state index < -0.39 is 22.5 Å². The van der Waals surface area contributed by atoms with Crippen molar-refractivity contribution >= 4 is 33.2 Å². The first-order valence-corrected chi connectivity index (χ1v) is 12.6. The first-order chi connectivity index (χ1) is 16.8. The van der Waals surface area contributed by atoms with E-state index in [0.29, 0.717) is 22.7 Å². The summed E-state index contributed by atoms with van der Waals surface area (Å²) < 4.78 is 33.1. The van der Waals surface area contributed by atoms with E-state index >= 15 is 0 Å². The van der Waals surface area contributed by atoms with Crippen LogP contribution in [-0.4, -0.2) is 39.9 Å². The molecule has 0 saturated carbocycles. The molecule has 0 bridgehead atoms. The molecule has 3 rings (SSSR count). The van der Waals surface area contributed by atoms with E-state index in [4.69, 9.17) is 4.74 Å². The third kappa shape index (κ3) is 6.39. The zero-order valence-corrected chi connectivity index (χ0v) is 20.7. The summed E-state index contributed by atoms with van der Waals surface area (Å²) in [6.45, 7) is 3.35. The van der Waals surface area contributed by atoms with Crippen molar-refractivity contribution in [3.63, 3.8) is 0 Å². The molecule has 0 fully saturated rings. The molecule has 0 aliphatic carbocycles. The summed E-state index contributed by atoms with van der Waals surface area (Å²) in [5, 5.41) is 5.57. The van der Waals surface area contributed by atoms with Crippen LogP contribution >= 0.6 is 0 Å². The second-order valence-electron chi connectivity index (χ2n) is 7.90. The van der Waals surface area contributed by atoms with Crippen LogP contribution in [0.2, 0.25) is 0 Å². The third-order valence-electron chi connectivity index (χ3n) is 5.41. The summed E-state index contributed by atoms with van der Waals surface area (Å²) >= 11 is 0. The number of methoxy groups -OCH3 is 1. The standard InChI is InChI=1S/C26H29N3O5S/c1-4-19(2)27-26(31)23-12-8-9-13-24(23)28-25(30)18-29(20-14-16-21(34-3)17-15-20)35(32,33)22-10-6-5-7-11-22/h5-17,19H,4,18H2,1-3H3,(H,27,31)(H,28,30)/t19-/m1/s1. The van der Waals surface area contributed by atoms with Crippen molar-refractivity contribution < 1.29 is 22.7 Å². The number of hydrogen-bond donors (Lipinski definition) is 2. The van der Waals surface area contributed by atoms with Crippen LogP contribution in [-0.2, 0) is 14.8 Å². The Kier molecular flexibility index (Phi) is 8.48. The Morgan fingerprint density at radius 3 is 2.20 bits per heavy atom. The van der Waals surface area contributed by atoms with Gasteiger partial charge in [0.2, 0.25) is 5.91 Å². The lowest BCUT2D eigenvalue weighted by molar-refractivity contribution is -0.114. The van der Waals surface area contributed by atoms with Crippen LogP contribution in [0.25, 0.3) is 0 Å². The Balaban J connectivity index is 1.90. The summed E-state index contributed by atoms with van der Waals surface area (Å²) in [6.07, 6.45) is 0.758. The van der Waals surface area contributed by atoms with Crippen LogP contribution in [0.5, 0.6) is 5.75 Å². The van der Waals surface area contributed by atoms with E-state index in [2.05, 4.69) is 10.6 Å². The molecule has 2 N–H and O–H groups in total. The van der Waals surface area contributed by atoms with Crippen LogP contribution in [0.3, 0.4) is 0 Å². The maximum atomic E-state index is 13.5. The molecule has 0 aliphatic rings. The minimum atomic E-state index is -4.05. The molecule has 1 atom stereocenters. The van der Waals surface area contributed by atoms with E-state index in [9.17, 15) is 18.0 Å². The van der Waals surface area contributed by atoms with Gasteiger partial charge in [-0.2, -0.15) is 0 Å². The van der Waals surface area contributed by atoms with Gasteiger partial charge in [0, 0.05) is 6.04 Å². The Bertz CT molecular complexity index is 1260. The predicted molar refractivity (Wildman–Crippen MR) is 136 cm³/mol. The monoisotopic (exact) mass is 495 g/mol. The molecule has 8 nitrogen and oxygen atoms in total. The van der Waals surface area contributed by atoms with Crippen LogP contribution in [0.15, 0.2) is 83.8 Å². The summed E-state index contributed by atoms with van der Waals surface area (Å²) in [4.78, 5) is 25.8. The normalized spacial score (nSPS) is 11.9. The van der Waals surface area contributed by atoms with Crippen molar-refractivity contribution in [2.45, 2.75) is 31.2 Å². The van der Waals surface area contributed by atoms with Gasteiger partial charge in [-0.15, -0.1) is 0 Å². The molecule has 184 valence electrons. The fraction of sp³-hybridized carbons (Fsp3) is 0.231. The van der Waals surface area contributed by atoms with Crippen molar-refractivity contribution in [1.29, 1.82) is 0 Å². The Hall–Kier alpha value is -3.85. The average molecular weight is 496 g/mol. The topological polar surface area (TPSA) is 105 Å². The molecular formula is C26H29N3O5S. The Morgan fingerprint density at radius 2 is 1.57 bits per heavy atom. The molecular weight excluding hydrogens is 466 g/mol. The summed E-state index contributed by atoms with van der Waals surface area (Å²) in [5.74, 6) is -0.361. The molecule has 0 heterocycles. The molecule has 0 unspecified atom stereocenters. The molecule has 0 aromatic heterocycles. The smallest absolute Gasteiger partial charge is 0.264 e. The van der Waals surface area contributed by atoms with Crippen molar-refractivity contribution in [3.8, 4) is 5.75 Å². The fourth-order valence-corrected chi connectivity index (χ4v) is 4.74. The highest BCUT2D eigenvalue weighted by molar-refractivity contribution is 7.92. The maximum Gasteiger partial charge on any atom is 0.264 e. The molecule has 0 aliphatic heterocycles. The number of anilines is 2. The Morgan fingerprint density at radius 1 is 0.943 bits per heavy atom. The second kappa shape index (κ2) is 11.5. The number of hydrogen-bond acceptors (Lipinski definition) is 5. The number of nitrogens with zero attached hydrogens (tertiary/aromatic N) is 1. The number of sulfonamides is 1. The van der Waals surface area contributed by atoms with E-state index in [1.54, 1.807) is 66.7 Å². The number of amides is 2. The molecule has 0 spiro atoms. The number of carbonyl (C=O) groups is 2. The lowest BCUT2D eigenvalue weighted by atomic mass is 10.1. The van der Waals surface area contributed by atoms with Gasteiger partial charge in [-0.25, -0.2) is 8.42 Å². The van der Waals surface area contributed by atoms with Gasteiger partial charge in [0.1, 0.15) is 12.3 Å². The van der Waals surface area contributed by atoms with Gasteiger partial charge in [0.05, 0.1) is 28.9 Å². The van der Waals surface area contributed by atoms with Crippen LogP contribution in [0.4, 0.5) is 11.4 Å². The van der Waals surface area contributed by atoms with E-state index in [0.717, 1.165) is 10.7 Å². The van der Waals surface area contributed by atoms with Gasteiger partial charge in [0.15, 0.2) is 0 Å². The van der Waals surface area contributed by atoms with Crippen molar-refractivity contribution in [1.82, 2.24) is 5.32 Å². The number of nitrogens with one attached hydrogen (secondary N) is 2. The van der Waals surface area contributed by atoms with Gasteiger partial charge in [0.25, 0.3) is 15.9 Å². The van der Waals surface area contributed by atoms with Gasteiger partial charge < -0.3 is 15.4 Å². The van der Waals surface area contributed by atoms with Crippen LogP contribution in [0.1, 0.15) is 30.6 Å². The van der Waals surface area contributed by atoms with Crippen LogP contribution in [0, 0.1) is 0 Å². The average Bonchev–Trinajstić information content (AvgIpc) is 2.88. The van der Waals surface area contributed by atoms with E-state index in [-0.39, 0.29) is 16.8 Å². The first kappa shape index (κ1) is 25.8. The zero-order valence-electron chi connectivity index (χ0n) is 19.9. The molecule has 0 radical (unpaired) electrons. The van der Waals surface area contributed by atoms with Crippen LogP contribution < -0.4 is 19.7 Å². The largest absolute Gasteiger partial charge is 0.497 e. The highest BCUT2D eigenvalue weighted by Crippen LogP contribution is 2.26. The van der Waals surface area contributed by atoms with Gasteiger partial charge >= 0.3 is 0 Å². The third-order valence-corrected chi connectivity index (χ3v) is 7.20. The number of para-hydroxylation sites is 1. The van der Waals surface area contributed by atoms with E-state index in [1.807, 2.05) is 13.8 Å². The maximum absolute atomic E-state index is 13.5. The van der Waals surface area contributed by atoms with Gasteiger partial charge in [-0.05, 0) is 61.9 Å². The Labute approximate surface area is 206 Å². The summed E-state index contributed by atoms with van der Waals surface area (Å²) in [5.41, 5.74) is 0.890. The van der Waals surface area contributed by atoms with Gasteiger partial charge in [-0.1, -0.05) is 37.3 Å². The first-order valence-electron chi connectivity index (χ1n) is 11.2. The lowest BCUT2D eigenvalue weighted by Crippen LogP contribution is -2.38. The fourth-order valence-electron chi connectivity index (χ4n) is 3.30. The minimum Gasteiger partial charge on any atom is -0.497 e. The van der Waals surface area contributed by atoms with Crippen molar-refractivity contribution in [2.24, 2.45) is 0 Å². The lowest BCUT2D eigenvalue weighted by Gasteiger charge is -2.24. The quantitative estimate of drug-likeness (QED) is 0.441. The number of benzene rings is 3. The second-order valence-corrected chi connectivity index (χ2v) is 9.76. The van der Waals surface area contributed by atoms with Crippen molar-refractivity contribution in [3.05, 3.63) is 84.4 Å². The highest BCUT2D eigenvalue weighted by atomic mass is 32.2. The number of ether oxygens (including phenoxy) is 1. The van der Waals surface area contributed by atoms with E-state index in [1.165, 1.54) is 19.2 Å². The SMILES string of the molecule is CC[C@@H](C)NC(=O)c1ccccc1NC(=O)CN(c1ccc(OC)cc1)S(=O)(=O)c1ccccc1. The number of carbonyl (C=O) groups excluding carboxylic acids is 2. The highest BCUT2D eigenvalue weighted by Gasteiger charge is 2.27. The zero-order chi connectivity index (χ0) is 25.4. The summed E-state index contributed by atoms with van der Waals surface area (Å²) in [7, 11) is -2.54. The predicted octanol–water partition coefficient (Wildman–Crippen LogP) is 4.06. The molecule has 9 heteroatoms. The molecule has 3 aromatic carbocycles. The molecule has 3 aromatic rings. The van der Waals surface area contributed by atoms with Crippen molar-refractivity contribution in [2.75, 3.05) is 23.3 Å². The molecule has 2 amide bonds. The summed E-state index contributed by atoms with van der Waals surface area (Å²) in [6, 6.07) is 20.8. The molecule has 35 heavy (non-hydrogen) atoms.